The summed E-state index contributed by atoms with van der Waals surface area (Å²) in [6, 6.07) is 7.89. The number of rotatable bonds is 3. The van der Waals surface area contributed by atoms with Gasteiger partial charge < -0.3 is 10.6 Å². The van der Waals surface area contributed by atoms with Crippen LogP contribution in [0.5, 0.6) is 0 Å². The van der Waals surface area contributed by atoms with Crippen molar-refractivity contribution in [2.24, 2.45) is 0 Å². The topological polar surface area (TPSA) is 24.1 Å². The smallest absolute Gasteiger partial charge is 0.0794 e. The molecule has 0 aliphatic heterocycles. The van der Waals surface area contributed by atoms with Crippen LogP contribution in [0.4, 0.5) is 11.4 Å². The number of nitrogens with one attached hydrogen (secondary N) is 2. The van der Waals surface area contributed by atoms with Gasteiger partial charge in [-0.1, -0.05) is 31.4 Å². The fourth-order valence-electron chi connectivity index (χ4n) is 1.09. The van der Waals surface area contributed by atoms with Gasteiger partial charge >= 0.3 is 0 Å². The molecule has 1 aromatic carbocycles. The fraction of sp³-hybridized carbons (Fsp3) is 0.273. The summed E-state index contributed by atoms with van der Waals surface area (Å²) in [7, 11) is 0. The largest absolute Gasteiger partial charge is 0.350 e. The first kappa shape index (κ1) is 12.1. The van der Waals surface area contributed by atoms with E-state index in [2.05, 4.69) is 10.6 Å². The predicted molar refractivity (Wildman–Crippen MR) is 74.8 cm³/mol. The maximum absolute atomic E-state index is 5.09. The highest BCUT2D eigenvalue weighted by Gasteiger charge is 1.96. The Morgan fingerprint density at radius 2 is 1.53 bits per heavy atom. The van der Waals surface area contributed by atoms with E-state index in [-0.39, 0.29) is 0 Å². The molecule has 0 saturated heterocycles. The van der Waals surface area contributed by atoms with Gasteiger partial charge in [0.2, 0.25) is 0 Å². The highest BCUT2D eigenvalue weighted by molar-refractivity contribution is 7.80. The molecule has 2 nitrogen and oxygen atoms in total. The van der Waals surface area contributed by atoms with Crippen LogP contribution in [0.2, 0.25) is 0 Å². The predicted octanol–water partition coefficient (Wildman–Crippen LogP) is 3.60. The first-order valence-electron chi connectivity index (χ1n) is 4.79. The quantitative estimate of drug-likeness (QED) is 0.786. The Morgan fingerprint density at radius 3 is 1.93 bits per heavy atom. The van der Waals surface area contributed by atoms with Crippen LogP contribution in [0.15, 0.2) is 24.3 Å². The average molecular weight is 238 g/mol. The molecule has 0 fully saturated rings. The molecule has 1 aromatic rings. The zero-order valence-corrected chi connectivity index (χ0v) is 10.5. The molecule has 0 spiro atoms. The van der Waals surface area contributed by atoms with E-state index >= 15 is 0 Å². The van der Waals surface area contributed by atoms with Crippen molar-refractivity contribution in [3.05, 3.63) is 24.3 Å². The summed E-state index contributed by atoms with van der Waals surface area (Å²) in [6.07, 6.45) is 0.856. The van der Waals surface area contributed by atoms with Gasteiger partial charge in [0, 0.05) is 11.4 Å². The van der Waals surface area contributed by atoms with Crippen molar-refractivity contribution in [2.45, 2.75) is 20.3 Å². The maximum Gasteiger partial charge on any atom is 0.0794 e. The van der Waals surface area contributed by atoms with Crippen LogP contribution < -0.4 is 10.6 Å². The van der Waals surface area contributed by atoms with Crippen molar-refractivity contribution in [2.75, 3.05) is 10.6 Å². The summed E-state index contributed by atoms with van der Waals surface area (Å²) in [5, 5.41) is 6.21. The van der Waals surface area contributed by atoms with Gasteiger partial charge in [-0.15, -0.1) is 0 Å². The van der Waals surface area contributed by atoms with Gasteiger partial charge in [0.1, 0.15) is 0 Å². The van der Waals surface area contributed by atoms with Crippen LogP contribution in [0.1, 0.15) is 20.3 Å². The van der Waals surface area contributed by atoms with Gasteiger partial charge in [-0.05, 0) is 37.6 Å². The third-order valence-electron chi connectivity index (χ3n) is 1.81. The molecule has 1 rings (SSSR count). The molecule has 0 saturated carbocycles. The van der Waals surface area contributed by atoms with Crippen molar-refractivity contribution in [1.29, 1.82) is 0 Å². The average Bonchev–Trinajstić information content (AvgIpc) is 2.20. The van der Waals surface area contributed by atoms with Crippen LogP contribution in [-0.2, 0) is 0 Å². The number of hydrogen-bond acceptors (Lipinski definition) is 2. The van der Waals surface area contributed by atoms with Crippen molar-refractivity contribution in [3.63, 3.8) is 0 Å². The number of benzene rings is 1. The van der Waals surface area contributed by atoms with E-state index in [1.54, 1.807) is 0 Å². The van der Waals surface area contributed by atoms with Crippen molar-refractivity contribution in [3.8, 4) is 0 Å². The lowest BCUT2D eigenvalue weighted by atomic mass is 10.2. The lowest BCUT2D eigenvalue weighted by molar-refractivity contribution is 1.31. The van der Waals surface area contributed by atoms with Crippen LogP contribution >= 0.6 is 24.4 Å². The molecule has 0 atom stereocenters. The van der Waals surface area contributed by atoms with Crippen LogP contribution in [0, 0.1) is 0 Å². The van der Waals surface area contributed by atoms with Crippen molar-refractivity contribution < 1.29 is 0 Å². The molecule has 2 N–H and O–H groups in total. The van der Waals surface area contributed by atoms with E-state index < -0.39 is 0 Å². The van der Waals surface area contributed by atoms with Gasteiger partial charge in [0.05, 0.1) is 9.98 Å². The van der Waals surface area contributed by atoms with E-state index in [9.17, 15) is 0 Å². The molecule has 0 aliphatic rings. The Bertz CT molecular complexity index is 357. The van der Waals surface area contributed by atoms with Crippen LogP contribution in [0.3, 0.4) is 0 Å². The summed E-state index contributed by atoms with van der Waals surface area (Å²) in [6.45, 7) is 3.88. The molecule has 4 heteroatoms. The summed E-state index contributed by atoms with van der Waals surface area (Å²) in [4.78, 5) is 1.61. The minimum atomic E-state index is 0.764. The van der Waals surface area contributed by atoms with Gasteiger partial charge in [0.15, 0.2) is 0 Å². The second-order valence-electron chi connectivity index (χ2n) is 3.16. The second-order valence-corrected chi connectivity index (χ2v) is 4.27. The SMILES string of the molecule is CCC(=S)Nc1ccc(NC(C)=S)cc1. The first-order valence-corrected chi connectivity index (χ1v) is 5.61. The minimum absolute atomic E-state index is 0.764. The summed E-state index contributed by atoms with van der Waals surface area (Å²) >= 11 is 10.0. The number of thiocarbonyl (C=S) groups is 2. The summed E-state index contributed by atoms with van der Waals surface area (Å²) in [5.41, 5.74) is 2.00. The fourth-order valence-corrected chi connectivity index (χ4v) is 1.33. The molecule has 0 unspecified atom stereocenters. The Balaban J connectivity index is 2.64. The molecule has 0 amide bonds. The maximum atomic E-state index is 5.09. The third-order valence-corrected chi connectivity index (χ3v) is 2.30. The monoisotopic (exact) mass is 238 g/mol. The zero-order valence-electron chi connectivity index (χ0n) is 8.83. The number of anilines is 2. The van der Waals surface area contributed by atoms with Gasteiger partial charge in [-0.2, -0.15) is 0 Å². The molecular weight excluding hydrogens is 224 g/mol. The van der Waals surface area contributed by atoms with E-state index in [0.29, 0.717) is 0 Å². The molecule has 0 aliphatic carbocycles. The van der Waals surface area contributed by atoms with Crippen molar-refractivity contribution in [1.82, 2.24) is 0 Å². The number of hydrogen-bond donors (Lipinski definition) is 2. The molecule has 80 valence electrons. The van der Waals surface area contributed by atoms with Gasteiger partial charge in [-0.25, -0.2) is 0 Å². The normalized spacial score (nSPS) is 9.47. The van der Waals surface area contributed by atoms with E-state index in [1.807, 2.05) is 38.1 Å². The van der Waals surface area contributed by atoms with E-state index in [0.717, 1.165) is 27.8 Å². The zero-order chi connectivity index (χ0) is 11.3. The van der Waals surface area contributed by atoms with Crippen LogP contribution in [-0.4, -0.2) is 9.98 Å². The van der Waals surface area contributed by atoms with Crippen LogP contribution in [0.25, 0.3) is 0 Å². The minimum Gasteiger partial charge on any atom is -0.350 e. The lowest BCUT2D eigenvalue weighted by Gasteiger charge is -2.07. The van der Waals surface area contributed by atoms with Crippen molar-refractivity contribution >= 4 is 45.8 Å². The Hall–Kier alpha value is -1.00. The van der Waals surface area contributed by atoms with Gasteiger partial charge in [-0.3, -0.25) is 0 Å². The standard InChI is InChI=1S/C11H14N2S2/c1-3-11(15)13-10-6-4-9(5-7-10)12-8(2)14/h4-7H,3H2,1-2H3,(H,12,14)(H,13,15). The lowest BCUT2D eigenvalue weighted by Crippen LogP contribution is -2.07. The van der Waals surface area contributed by atoms with Gasteiger partial charge in [0.25, 0.3) is 0 Å². The Labute approximate surface area is 101 Å². The molecule has 0 radical (unpaired) electrons. The molecule has 0 heterocycles. The Kier molecular flexibility index (Phi) is 4.65. The molecule has 0 aromatic heterocycles. The second kappa shape index (κ2) is 5.78. The molecule has 15 heavy (non-hydrogen) atoms. The summed E-state index contributed by atoms with van der Waals surface area (Å²) in [5.74, 6) is 0. The summed E-state index contributed by atoms with van der Waals surface area (Å²) < 4.78 is 0. The molecule has 0 bridgehead atoms. The third kappa shape index (κ3) is 4.36. The van der Waals surface area contributed by atoms with E-state index in [1.165, 1.54) is 0 Å². The molecular formula is C11H14N2S2. The highest BCUT2D eigenvalue weighted by atomic mass is 32.1. The highest BCUT2D eigenvalue weighted by Crippen LogP contribution is 2.14. The first-order chi connectivity index (χ1) is 7.11. The van der Waals surface area contributed by atoms with E-state index in [4.69, 9.17) is 24.4 Å². The Morgan fingerprint density at radius 1 is 1.07 bits per heavy atom.